The molecule has 0 spiro atoms. The Kier molecular flexibility index (Phi) is 4.51. The lowest BCUT2D eigenvalue weighted by Crippen LogP contribution is -2.35. The molecule has 0 saturated carbocycles. The number of carbonyl (C=O) groups excluding carboxylic acids is 2. The highest BCUT2D eigenvalue weighted by atomic mass is 19.4. The zero-order chi connectivity index (χ0) is 19.1. The van der Waals surface area contributed by atoms with Crippen LogP contribution >= 0.6 is 0 Å². The van der Waals surface area contributed by atoms with E-state index in [1.54, 1.807) is 7.05 Å². The zero-order valence-corrected chi connectivity index (χ0v) is 13.9. The molecule has 3 rings (SSSR count). The average molecular weight is 370 g/mol. The van der Waals surface area contributed by atoms with E-state index in [1.165, 1.54) is 21.6 Å². The van der Waals surface area contributed by atoms with Crippen molar-refractivity contribution in [1.29, 1.82) is 0 Å². The quantitative estimate of drug-likeness (QED) is 0.890. The van der Waals surface area contributed by atoms with Crippen LogP contribution in [0.1, 0.15) is 39.0 Å². The summed E-state index contributed by atoms with van der Waals surface area (Å²) in [6.07, 6.45) is -2.43. The Labute approximate surface area is 146 Å². The number of rotatable bonds is 4. The third kappa shape index (κ3) is 3.58. The molecule has 0 aromatic carbocycles. The molecular weight excluding hydrogens is 353 g/mol. The first-order valence-corrected chi connectivity index (χ1v) is 7.93. The van der Waals surface area contributed by atoms with Crippen molar-refractivity contribution in [2.24, 2.45) is 11.7 Å². The number of furan rings is 1. The number of aryl methyl sites for hydroxylation is 1. The lowest BCUT2D eigenvalue weighted by molar-refractivity contribution is -0.141. The predicted molar refractivity (Wildman–Crippen MR) is 83.2 cm³/mol. The van der Waals surface area contributed by atoms with Gasteiger partial charge in [-0.2, -0.15) is 13.2 Å². The number of aromatic nitrogens is 2. The van der Waals surface area contributed by atoms with Gasteiger partial charge in [0.2, 0.25) is 0 Å². The summed E-state index contributed by atoms with van der Waals surface area (Å²) in [5.41, 5.74) is 4.19. The van der Waals surface area contributed by atoms with Crippen molar-refractivity contribution in [1.82, 2.24) is 14.5 Å². The summed E-state index contributed by atoms with van der Waals surface area (Å²) in [5.74, 6) is -0.934. The number of hydrogen-bond acceptors (Lipinski definition) is 4. The van der Waals surface area contributed by atoms with Gasteiger partial charge in [0.25, 0.3) is 11.8 Å². The molecule has 0 radical (unpaired) electrons. The van der Waals surface area contributed by atoms with Crippen molar-refractivity contribution in [2.75, 3.05) is 13.6 Å². The summed E-state index contributed by atoms with van der Waals surface area (Å²) in [5, 5.41) is 0. The second-order valence-electron chi connectivity index (χ2n) is 6.31. The van der Waals surface area contributed by atoms with Crippen molar-refractivity contribution in [3.8, 4) is 0 Å². The molecule has 0 unspecified atom stereocenters. The lowest BCUT2D eigenvalue weighted by atomic mass is 9.99. The Morgan fingerprint density at radius 1 is 1.38 bits per heavy atom. The number of amides is 2. The molecule has 3 heterocycles. The Hall–Kier alpha value is -2.78. The van der Waals surface area contributed by atoms with E-state index >= 15 is 0 Å². The van der Waals surface area contributed by atoms with Crippen LogP contribution in [0.4, 0.5) is 13.2 Å². The summed E-state index contributed by atoms with van der Waals surface area (Å²) in [6, 6.07) is 2.68. The largest absolute Gasteiger partial charge is 0.446 e. The van der Waals surface area contributed by atoms with Crippen molar-refractivity contribution in [2.45, 2.75) is 25.6 Å². The summed E-state index contributed by atoms with van der Waals surface area (Å²) in [7, 11) is 1.57. The van der Waals surface area contributed by atoms with Gasteiger partial charge in [0, 0.05) is 32.8 Å². The van der Waals surface area contributed by atoms with Crippen molar-refractivity contribution in [3.05, 3.63) is 41.4 Å². The number of fused-ring (bicyclic) bond motifs is 1. The first-order valence-electron chi connectivity index (χ1n) is 7.93. The van der Waals surface area contributed by atoms with Crippen LogP contribution in [0.2, 0.25) is 0 Å². The zero-order valence-electron chi connectivity index (χ0n) is 13.9. The molecule has 26 heavy (non-hydrogen) atoms. The first kappa shape index (κ1) is 18.0. The molecule has 2 N–H and O–H groups in total. The van der Waals surface area contributed by atoms with Crippen molar-refractivity contribution in [3.63, 3.8) is 0 Å². The Bertz CT molecular complexity index is 840. The SMILES string of the molecule is CN(C[C@H]1CCc2nc(C(F)(F)F)cn2C1)C(=O)c1ccc(C(N)=O)o1. The number of primary amides is 1. The van der Waals surface area contributed by atoms with Crippen LogP contribution < -0.4 is 5.73 Å². The number of alkyl halides is 3. The number of hydrogen-bond donors (Lipinski definition) is 1. The highest BCUT2D eigenvalue weighted by molar-refractivity contribution is 5.94. The monoisotopic (exact) mass is 370 g/mol. The van der Waals surface area contributed by atoms with Crippen molar-refractivity contribution < 1.29 is 27.2 Å². The van der Waals surface area contributed by atoms with Gasteiger partial charge in [0.05, 0.1) is 0 Å². The second kappa shape index (κ2) is 6.50. The summed E-state index contributed by atoms with van der Waals surface area (Å²) in [4.78, 5) is 28.4. The fraction of sp³-hybridized carbons (Fsp3) is 0.438. The first-order chi connectivity index (χ1) is 12.1. The van der Waals surface area contributed by atoms with Crippen LogP contribution in [0, 0.1) is 5.92 Å². The fourth-order valence-corrected chi connectivity index (χ4v) is 3.04. The van der Waals surface area contributed by atoms with Crippen LogP contribution in [0.25, 0.3) is 0 Å². The van der Waals surface area contributed by atoms with Gasteiger partial charge in [-0.3, -0.25) is 9.59 Å². The summed E-state index contributed by atoms with van der Waals surface area (Å²) >= 11 is 0. The number of imidazole rings is 1. The van der Waals surface area contributed by atoms with E-state index in [1.807, 2.05) is 0 Å². The number of carbonyl (C=O) groups is 2. The maximum Gasteiger partial charge on any atom is 0.434 e. The van der Waals surface area contributed by atoms with Gasteiger partial charge in [0.1, 0.15) is 5.82 Å². The van der Waals surface area contributed by atoms with Crippen LogP contribution in [0.15, 0.2) is 22.7 Å². The Morgan fingerprint density at radius 2 is 2.08 bits per heavy atom. The summed E-state index contributed by atoms with van der Waals surface area (Å²) in [6.45, 7) is 0.686. The summed E-state index contributed by atoms with van der Waals surface area (Å²) < 4.78 is 44.9. The molecule has 1 aliphatic heterocycles. The minimum atomic E-state index is -4.47. The normalized spacial score (nSPS) is 17.0. The third-order valence-corrected chi connectivity index (χ3v) is 4.32. The van der Waals surface area contributed by atoms with E-state index in [0.29, 0.717) is 31.8 Å². The maximum atomic E-state index is 12.8. The molecule has 7 nitrogen and oxygen atoms in total. The minimum absolute atomic E-state index is 0.0141. The number of halogens is 3. The Balaban J connectivity index is 1.65. The van der Waals surface area contributed by atoms with Gasteiger partial charge in [0.15, 0.2) is 17.2 Å². The van der Waals surface area contributed by atoms with E-state index in [0.717, 1.165) is 6.20 Å². The molecule has 0 saturated heterocycles. The third-order valence-electron chi connectivity index (χ3n) is 4.32. The van der Waals surface area contributed by atoms with Gasteiger partial charge >= 0.3 is 6.18 Å². The van der Waals surface area contributed by atoms with Crippen LogP contribution in [-0.4, -0.2) is 39.9 Å². The smallest absolute Gasteiger partial charge is 0.434 e. The molecule has 1 atom stereocenters. The van der Waals surface area contributed by atoms with E-state index in [4.69, 9.17) is 10.2 Å². The number of nitrogens with zero attached hydrogens (tertiary/aromatic N) is 3. The maximum absolute atomic E-state index is 12.8. The fourth-order valence-electron chi connectivity index (χ4n) is 3.04. The van der Waals surface area contributed by atoms with E-state index in [-0.39, 0.29) is 17.4 Å². The van der Waals surface area contributed by atoms with E-state index < -0.39 is 23.7 Å². The molecular formula is C16H17F3N4O3. The van der Waals surface area contributed by atoms with Crippen LogP contribution in [0.3, 0.4) is 0 Å². The van der Waals surface area contributed by atoms with E-state index in [2.05, 4.69) is 4.98 Å². The molecule has 0 bridgehead atoms. The molecule has 140 valence electrons. The van der Waals surface area contributed by atoms with Crippen LogP contribution in [0.5, 0.6) is 0 Å². The van der Waals surface area contributed by atoms with Gasteiger partial charge in [-0.15, -0.1) is 0 Å². The number of nitrogens with two attached hydrogens (primary N) is 1. The second-order valence-corrected chi connectivity index (χ2v) is 6.31. The topological polar surface area (TPSA) is 94.4 Å². The lowest BCUT2D eigenvalue weighted by Gasteiger charge is -2.27. The predicted octanol–water partition coefficient (Wildman–Crippen LogP) is 1.93. The standard InChI is InChI=1S/C16H17F3N4O3/c1-22(15(25)11-4-3-10(26-11)14(20)24)6-9-2-5-13-21-12(16(17,18)19)8-23(13)7-9/h3-4,8-9H,2,5-7H2,1H3,(H2,20,24)/t9-/m1/s1. The highest BCUT2D eigenvalue weighted by Crippen LogP contribution is 2.30. The van der Waals surface area contributed by atoms with Crippen molar-refractivity contribution >= 4 is 11.8 Å². The van der Waals surface area contributed by atoms with Gasteiger partial charge in [-0.05, 0) is 24.5 Å². The van der Waals surface area contributed by atoms with Gasteiger partial charge < -0.3 is 19.6 Å². The molecule has 2 amide bonds. The minimum Gasteiger partial charge on any atom is -0.446 e. The molecule has 0 fully saturated rings. The molecule has 0 aliphatic carbocycles. The van der Waals surface area contributed by atoms with E-state index in [9.17, 15) is 22.8 Å². The molecule has 10 heteroatoms. The highest BCUT2D eigenvalue weighted by Gasteiger charge is 2.36. The van der Waals surface area contributed by atoms with Gasteiger partial charge in [-0.25, -0.2) is 4.98 Å². The average Bonchev–Trinajstić information content (AvgIpc) is 3.20. The Morgan fingerprint density at radius 3 is 2.69 bits per heavy atom. The van der Waals surface area contributed by atoms with Crippen LogP contribution in [-0.2, 0) is 19.1 Å². The molecule has 2 aromatic heterocycles. The molecule has 2 aromatic rings. The van der Waals surface area contributed by atoms with Gasteiger partial charge in [-0.1, -0.05) is 0 Å². The molecule has 1 aliphatic rings.